The van der Waals surface area contributed by atoms with E-state index >= 15 is 0 Å². The Bertz CT molecular complexity index is 875. The summed E-state index contributed by atoms with van der Waals surface area (Å²) in [6, 6.07) is 13.9. The SMILES string of the molecule is C/C(=N/NC(=O)CN1CCN(Cc2ccc(C)cc2)CC1)c1ccc(Cl)c(Cl)c1. The van der Waals surface area contributed by atoms with Crippen LogP contribution in [-0.2, 0) is 11.3 Å². The highest BCUT2D eigenvalue weighted by atomic mass is 35.5. The van der Waals surface area contributed by atoms with Crippen LogP contribution in [0, 0.1) is 6.92 Å². The predicted molar refractivity (Wildman–Crippen MR) is 120 cm³/mol. The molecule has 3 rings (SSSR count). The van der Waals surface area contributed by atoms with Crippen LogP contribution in [-0.4, -0.2) is 54.1 Å². The molecule has 1 N–H and O–H groups in total. The molecule has 0 aliphatic carbocycles. The molecule has 5 nitrogen and oxygen atoms in total. The van der Waals surface area contributed by atoms with Gasteiger partial charge in [0.1, 0.15) is 0 Å². The van der Waals surface area contributed by atoms with E-state index in [1.165, 1.54) is 11.1 Å². The fraction of sp³-hybridized carbons (Fsp3) is 0.364. The third kappa shape index (κ3) is 6.54. The van der Waals surface area contributed by atoms with Gasteiger partial charge in [0, 0.05) is 32.7 Å². The molecule has 0 spiro atoms. The van der Waals surface area contributed by atoms with Gasteiger partial charge in [0.25, 0.3) is 5.91 Å². The van der Waals surface area contributed by atoms with E-state index in [9.17, 15) is 4.79 Å². The summed E-state index contributed by atoms with van der Waals surface area (Å²) in [6.07, 6.45) is 0. The fourth-order valence-electron chi connectivity index (χ4n) is 3.23. The highest BCUT2D eigenvalue weighted by molar-refractivity contribution is 6.42. The number of hydrogen-bond donors (Lipinski definition) is 1. The minimum Gasteiger partial charge on any atom is -0.297 e. The summed E-state index contributed by atoms with van der Waals surface area (Å²) >= 11 is 12.0. The Morgan fingerprint density at radius 2 is 1.66 bits per heavy atom. The summed E-state index contributed by atoms with van der Waals surface area (Å²) in [6.45, 7) is 8.86. The van der Waals surface area contributed by atoms with Crippen LogP contribution in [0.25, 0.3) is 0 Å². The molecule has 0 atom stereocenters. The quantitative estimate of drug-likeness (QED) is 0.554. The molecule has 154 valence electrons. The van der Waals surface area contributed by atoms with E-state index in [1.54, 1.807) is 12.1 Å². The molecule has 1 heterocycles. The number of halogens is 2. The van der Waals surface area contributed by atoms with E-state index in [0.717, 1.165) is 38.3 Å². The summed E-state index contributed by atoms with van der Waals surface area (Å²) in [7, 11) is 0. The molecule has 2 aromatic carbocycles. The lowest BCUT2D eigenvalue weighted by Crippen LogP contribution is -2.48. The Morgan fingerprint density at radius 1 is 1.00 bits per heavy atom. The van der Waals surface area contributed by atoms with Crippen LogP contribution in [0.4, 0.5) is 0 Å². The van der Waals surface area contributed by atoms with E-state index < -0.39 is 0 Å². The Morgan fingerprint density at radius 3 is 2.31 bits per heavy atom. The lowest BCUT2D eigenvalue weighted by Gasteiger charge is -2.34. The first kappa shape index (κ1) is 21.8. The third-order valence-corrected chi connectivity index (χ3v) is 5.78. The van der Waals surface area contributed by atoms with Crippen LogP contribution in [0.1, 0.15) is 23.6 Å². The molecule has 0 aromatic heterocycles. The van der Waals surface area contributed by atoms with E-state index in [4.69, 9.17) is 23.2 Å². The summed E-state index contributed by atoms with van der Waals surface area (Å²) < 4.78 is 0. The molecule has 0 bridgehead atoms. The number of carbonyl (C=O) groups excluding carboxylic acids is 1. The summed E-state index contributed by atoms with van der Waals surface area (Å²) in [4.78, 5) is 16.8. The van der Waals surface area contributed by atoms with Crippen molar-refractivity contribution in [2.75, 3.05) is 32.7 Å². The van der Waals surface area contributed by atoms with Gasteiger partial charge in [-0.15, -0.1) is 0 Å². The number of nitrogens with one attached hydrogen (secondary N) is 1. The second-order valence-electron chi connectivity index (χ2n) is 7.40. The van der Waals surface area contributed by atoms with Crippen molar-refractivity contribution in [2.24, 2.45) is 5.10 Å². The molecule has 1 saturated heterocycles. The van der Waals surface area contributed by atoms with Gasteiger partial charge in [0.15, 0.2) is 0 Å². The number of aryl methyl sites for hydroxylation is 1. The van der Waals surface area contributed by atoms with Crippen molar-refractivity contribution in [3.8, 4) is 0 Å². The first-order valence-corrected chi connectivity index (χ1v) is 10.4. The van der Waals surface area contributed by atoms with Crippen LogP contribution in [0.15, 0.2) is 47.6 Å². The molecule has 29 heavy (non-hydrogen) atoms. The minimum atomic E-state index is -0.114. The van der Waals surface area contributed by atoms with Crippen LogP contribution in [0.3, 0.4) is 0 Å². The lowest BCUT2D eigenvalue weighted by atomic mass is 10.1. The highest BCUT2D eigenvalue weighted by Crippen LogP contribution is 2.22. The first-order valence-electron chi connectivity index (χ1n) is 9.69. The molecular formula is C22H26Cl2N4O. The minimum absolute atomic E-state index is 0.114. The number of nitrogens with zero attached hydrogens (tertiary/aromatic N) is 3. The summed E-state index contributed by atoms with van der Waals surface area (Å²) in [5.41, 5.74) is 6.75. The van der Waals surface area contributed by atoms with Gasteiger partial charge in [0.05, 0.1) is 22.3 Å². The van der Waals surface area contributed by atoms with Crippen LogP contribution in [0.5, 0.6) is 0 Å². The van der Waals surface area contributed by atoms with Crippen molar-refractivity contribution in [1.29, 1.82) is 0 Å². The van der Waals surface area contributed by atoms with Gasteiger partial charge in [-0.05, 0) is 37.1 Å². The number of amides is 1. The second-order valence-corrected chi connectivity index (χ2v) is 8.21. The molecule has 1 amide bonds. The normalized spacial score (nSPS) is 16.1. The molecule has 2 aromatic rings. The average Bonchev–Trinajstić information content (AvgIpc) is 2.71. The van der Waals surface area contributed by atoms with Gasteiger partial charge in [-0.2, -0.15) is 5.10 Å². The van der Waals surface area contributed by atoms with Crippen LogP contribution >= 0.6 is 23.2 Å². The van der Waals surface area contributed by atoms with Gasteiger partial charge in [-0.3, -0.25) is 14.6 Å². The van der Waals surface area contributed by atoms with Crippen molar-refractivity contribution in [3.63, 3.8) is 0 Å². The number of hydrogen-bond acceptors (Lipinski definition) is 4. The maximum Gasteiger partial charge on any atom is 0.254 e. The zero-order chi connectivity index (χ0) is 20.8. The summed E-state index contributed by atoms with van der Waals surface area (Å²) in [5, 5.41) is 5.15. The second kappa shape index (κ2) is 10.2. The zero-order valence-corrected chi connectivity index (χ0v) is 18.3. The van der Waals surface area contributed by atoms with Gasteiger partial charge in [0.2, 0.25) is 0 Å². The van der Waals surface area contributed by atoms with Gasteiger partial charge in [-0.1, -0.05) is 59.1 Å². The van der Waals surface area contributed by atoms with Gasteiger partial charge in [-0.25, -0.2) is 5.43 Å². The number of carbonyl (C=O) groups is 1. The Hall–Kier alpha value is -1.92. The maximum absolute atomic E-state index is 12.3. The van der Waals surface area contributed by atoms with Crippen LogP contribution in [0.2, 0.25) is 10.0 Å². The Balaban J connectivity index is 1.43. The van der Waals surface area contributed by atoms with Crippen molar-refractivity contribution < 1.29 is 4.79 Å². The largest absolute Gasteiger partial charge is 0.297 e. The Labute approximate surface area is 182 Å². The van der Waals surface area contributed by atoms with Crippen LogP contribution < -0.4 is 5.43 Å². The number of rotatable bonds is 6. The number of benzene rings is 2. The molecule has 0 saturated carbocycles. The van der Waals surface area contributed by atoms with E-state index in [1.807, 2.05) is 13.0 Å². The summed E-state index contributed by atoms with van der Waals surface area (Å²) in [5.74, 6) is -0.114. The molecule has 7 heteroatoms. The van der Waals surface area contributed by atoms with Gasteiger partial charge < -0.3 is 0 Å². The van der Waals surface area contributed by atoms with E-state index in [2.05, 4.69) is 51.5 Å². The van der Waals surface area contributed by atoms with E-state index in [0.29, 0.717) is 22.3 Å². The highest BCUT2D eigenvalue weighted by Gasteiger charge is 2.19. The van der Waals surface area contributed by atoms with Crippen molar-refractivity contribution in [1.82, 2.24) is 15.2 Å². The van der Waals surface area contributed by atoms with Crippen molar-refractivity contribution in [2.45, 2.75) is 20.4 Å². The molecular weight excluding hydrogens is 407 g/mol. The molecule has 0 radical (unpaired) electrons. The maximum atomic E-state index is 12.3. The zero-order valence-electron chi connectivity index (χ0n) is 16.8. The third-order valence-electron chi connectivity index (χ3n) is 5.04. The predicted octanol–water partition coefficient (Wildman–Crippen LogP) is 3.96. The number of hydrazone groups is 1. The average molecular weight is 433 g/mol. The number of piperazine rings is 1. The molecule has 1 aliphatic rings. The molecule has 1 fully saturated rings. The topological polar surface area (TPSA) is 47.9 Å². The molecule has 1 aliphatic heterocycles. The smallest absolute Gasteiger partial charge is 0.254 e. The first-order chi connectivity index (χ1) is 13.9. The van der Waals surface area contributed by atoms with Crippen molar-refractivity contribution in [3.05, 3.63) is 69.2 Å². The standard InChI is InChI=1S/C22H26Cl2N4O/c1-16-3-5-18(6-4-16)14-27-9-11-28(12-10-27)15-22(29)26-25-17(2)19-7-8-20(23)21(24)13-19/h3-8,13H,9-12,14-15H2,1-2H3,(H,26,29)/b25-17-. The van der Waals surface area contributed by atoms with Crippen molar-refractivity contribution >= 4 is 34.8 Å². The van der Waals surface area contributed by atoms with Gasteiger partial charge >= 0.3 is 0 Å². The van der Waals surface area contributed by atoms with E-state index in [-0.39, 0.29) is 5.91 Å². The monoisotopic (exact) mass is 432 g/mol. The molecule has 0 unspecified atom stereocenters. The fourth-order valence-corrected chi connectivity index (χ4v) is 3.53. The lowest BCUT2D eigenvalue weighted by molar-refractivity contribution is -0.122. The Kier molecular flexibility index (Phi) is 7.67.